The Bertz CT molecular complexity index is 566. The molecule has 0 saturated carbocycles. The first kappa shape index (κ1) is 13.4. The molecule has 0 aliphatic heterocycles. The Balaban J connectivity index is 2.21. The van der Waals surface area contributed by atoms with Gasteiger partial charge in [-0.05, 0) is 24.6 Å². The van der Waals surface area contributed by atoms with Crippen LogP contribution in [0.3, 0.4) is 0 Å². The summed E-state index contributed by atoms with van der Waals surface area (Å²) in [6.07, 6.45) is 1.52. The first-order valence-electron chi connectivity index (χ1n) is 5.59. The van der Waals surface area contributed by atoms with Crippen LogP contribution < -0.4 is 0 Å². The van der Waals surface area contributed by atoms with Gasteiger partial charge in [-0.1, -0.05) is 29.3 Å². The third-order valence-corrected chi connectivity index (χ3v) is 3.65. The molecule has 96 valence electrons. The summed E-state index contributed by atoms with van der Waals surface area (Å²) in [5, 5.41) is 15.5. The zero-order valence-electron chi connectivity index (χ0n) is 10.2. The smallest absolute Gasteiger partial charge is 0.0864 e. The highest BCUT2D eigenvalue weighted by Gasteiger charge is 2.15. The van der Waals surface area contributed by atoms with E-state index >= 15 is 0 Å². The lowest BCUT2D eigenvalue weighted by atomic mass is 10.0. The summed E-state index contributed by atoms with van der Waals surface area (Å²) in [5.74, 6) is 0. The summed E-state index contributed by atoms with van der Waals surface area (Å²) in [6, 6.07) is 5.28. The van der Waals surface area contributed by atoms with Crippen LogP contribution in [0.1, 0.15) is 22.9 Å². The molecule has 0 aliphatic carbocycles. The molecule has 1 atom stereocenters. The molecule has 0 amide bonds. The molecule has 0 radical (unpaired) electrons. The van der Waals surface area contributed by atoms with E-state index in [9.17, 15) is 5.11 Å². The number of hydrogen-bond acceptors (Lipinski definition) is 2. The zero-order valence-corrected chi connectivity index (χ0v) is 11.7. The fourth-order valence-corrected chi connectivity index (χ4v) is 2.33. The summed E-state index contributed by atoms with van der Waals surface area (Å²) in [4.78, 5) is 0. The first-order valence-corrected chi connectivity index (χ1v) is 6.35. The highest BCUT2D eigenvalue weighted by atomic mass is 35.5. The Kier molecular flexibility index (Phi) is 3.95. The molecule has 2 rings (SSSR count). The van der Waals surface area contributed by atoms with Crippen molar-refractivity contribution in [2.75, 3.05) is 0 Å². The Morgan fingerprint density at radius 2 is 2.11 bits per heavy atom. The maximum absolute atomic E-state index is 10.2. The van der Waals surface area contributed by atoms with Gasteiger partial charge in [0.05, 0.1) is 12.3 Å². The molecule has 2 aromatic rings. The minimum absolute atomic E-state index is 0.447. The third-order valence-electron chi connectivity index (χ3n) is 3.06. The largest absolute Gasteiger partial charge is 0.388 e. The van der Waals surface area contributed by atoms with Crippen LogP contribution in [0.4, 0.5) is 0 Å². The van der Waals surface area contributed by atoms with Gasteiger partial charge in [-0.3, -0.25) is 4.68 Å². The molecular weight excluding hydrogens is 271 g/mol. The van der Waals surface area contributed by atoms with Crippen molar-refractivity contribution >= 4 is 23.2 Å². The van der Waals surface area contributed by atoms with Gasteiger partial charge in [-0.15, -0.1) is 0 Å². The van der Waals surface area contributed by atoms with Crippen molar-refractivity contribution in [3.05, 3.63) is 51.3 Å². The van der Waals surface area contributed by atoms with Gasteiger partial charge in [0.25, 0.3) is 0 Å². The van der Waals surface area contributed by atoms with Crippen LogP contribution in [0.25, 0.3) is 0 Å². The lowest BCUT2D eigenvalue weighted by molar-refractivity contribution is 0.177. The van der Waals surface area contributed by atoms with Gasteiger partial charge < -0.3 is 5.11 Å². The lowest BCUT2D eigenvalue weighted by Gasteiger charge is -2.11. The quantitative estimate of drug-likeness (QED) is 0.939. The van der Waals surface area contributed by atoms with E-state index in [1.54, 1.807) is 23.0 Å². The van der Waals surface area contributed by atoms with E-state index < -0.39 is 6.10 Å². The van der Waals surface area contributed by atoms with Gasteiger partial charge >= 0.3 is 0 Å². The average molecular weight is 285 g/mol. The SMILES string of the molecule is Cc1c(C(O)Cc2ccc(Cl)cc2Cl)cnn1C. The fraction of sp³-hybridized carbons (Fsp3) is 0.308. The number of aliphatic hydroxyl groups excluding tert-OH is 1. The van der Waals surface area contributed by atoms with Crippen molar-refractivity contribution in [3.8, 4) is 0 Å². The molecular formula is C13H14Cl2N2O. The maximum atomic E-state index is 10.2. The van der Waals surface area contributed by atoms with E-state index in [-0.39, 0.29) is 0 Å². The third kappa shape index (κ3) is 2.69. The van der Waals surface area contributed by atoms with Crippen molar-refractivity contribution in [1.29, 1.82) is 0 Å². The Labute approximate surface area is 116 Å². The molecule has 1 unspecified atom stereocenters. The normalized spacial score (nSPS) is 12.7. The summed E-state index contributed by atoms with van der Waals surface area (Å²) in [7, 11) is 1.85. The zero-order chi connectivity index (χ0) is 13.3. The maximum Gasteiger partial charge on any atom is 0.0864 e. The molecule has 1 aromatic carbocycles. The molecule has 0 saturated heterocycles. The Morgan fingerprint density at radius 1 is 1.39 bits per heavy atom. The summed E-state index contributed by atoms with van der Waals surface area (Å²) in [6.45, 7) is 1.93. The summed E-state index contributed by atoms with van der Waals surface area (Å²) in [5.41, 5.74) is 2.65. The number of hydrogen-bond donors (Lipinski definition) is 1. The number of nitrogens with zero attached hydrogens (tertiary/aromatic N) is 2. The van der Waals surface area contributed by atoms with E-state index in [2.05, 4.69) is 5.10 Å². The molecule has 0 aliphatic rings. The Morgan fingerprint density at radius 3 is 2.67 bits per heavy atom. The molecule has 5 heteroatoms. The van der Waals surface area contributed by atoms with Gasteiger partial charge in [0.2, 0.25) is 0 Å². The van der Waals surface area contributed by atoms with Gasteiger partial charge in [0.1, 0.15) is 0 Å². The highest BCUT2D eigenvalue weighted by Crippen LogP contribution is 2.27. The van der Waals surface area contributed by atoms with Crippen LogP contribution in [0.15, 0.2) is 24.4 Å². The summed E-state index contributed by atoms with van der Waals surface area (Å²) < 4.78 is 1.74. The van der Waals surface area contributed by atoms with Crippen LogP contribution in [-0.4, -0.2) is 14.9 Å². The molecule has 0 bridgehead atoms. The summed E-state index contributed by atoms with van der Waals surface area (Å²) >= 11 is 11.9. The predicted molar refractivity (Wildman–Crippen MR) is 73.1 cm³/mol. The molecule has 1 heterocycles. The van der Waals surface area contributed by atoms with Crippen molar-refractivity contribution in [2.24, 2.45) is 7.05 Å². The first-order chi connectivity index (χ1) is 8.49. The number of aromatic nitrogens is 2. The minimum atomic E-state index is -0.614. The van der Waals surface area contributed by atoms with E-state index in [4.69, 9.17) is 23.2 Å². The molecule has 18 heavy (non-hydrogen) atoms. The molecule has 0 spiro atoms. The minimum Gasteiger partial charge on any atom is -0.388 e. The monoisotopic (exact) mass is 284 g/mol. The molecule has 1 aromatic heterocycles. The lowest BCUT2D eigenvalue weighted by Crippen LogP contribution is -2.04. The van der Waals surface area contributed by atoms with E-state index in [0.717, 1.165) is 16.8 Å². The second-order valence-electron chi connectivity index (χ2n) is 4.26. The molecule has 3 nitrogen and oxygen atoms in total. The average Bonchev–Trinajstić information content (AvgIpc) is 2.64. The fourth-order valence-electron chi connectivity index (χ4n) is 1.85. The standard InChI is InChI=1S/C13H14Cl2N2O/c1-8-11(7-16-17(8)2)13(18)5-9-3-4-10(14)6-12(9)15/h3-4,6-7,13,18H,5H2,1-2H3. The second kappa shape index (κ2) is 5.31. The van der Waals surface area contributed by atoms with Crippen LogP contribution >= 0.6 is 23.2 Å². The van der Waals surface area contributed by atoms with E-state index in [1.807, 2.05) is 20.0 Å². The predicted octanol–water partition coefficient (Wildman–Crippen LogP) is 3.31. The molecule has 1 N–H and O–H groups in total. The number of benzene rings is 1. The highest BCUT2D eigenvalue weighted by molar-refractivity contribution is 6.35. The van der Waals surface area contributed by atoms with Crippen LogP contribution in [0, 0.1) is 6.92 Å². The van der Waals surface area contributed by atoms with Gasteiger partial charge in [-0.2, -0.15) is 5.10 Å². The van der Waals surface area contributed by atoms with Crippen molar-refractivity contribution in [3.63, 3.8) is 0 Å². The number of halogens is 2. The second-order valence-corrected chi connectivity index (χ2v) is 5.11. The van der Waals surface area contributed by atoms with Crippen LogP contribution in [0.5, 0.6) is 0 Å². The van der Waals surface area contributed by atoms with Crippen molar-refractivity contribution < 1.29 is 5.11 Å². The van der Waals surface area contributed by atoms with Crippen LogP contribution in [0.2, 0.25) is 10.0 Å². The van der Waals surface area contributed by atoms with Gasteiger partial charge in [0.15, 0.2) is 0 Å². The van der Waals surface area contributed by atoms with E-state index in [0.29, 0.717) is 16.5 Å². The molecule has 0 fully saturated rings. The number of rotatable bonds is 3. The van der Waals surface area contributed by atoms with E-state index in [1.165, 1.54) is 0 Å². The van der Waals surface area contributed by atoms with Gasteiger partial charge in [0, 0.05) is 34.8 Å². The Hall–Kier alpha value is -1.03. The van der Waals surface area contributed by atoms with Crippen molar-refractivity contribution in [2.45, 2.75) is 19.4 Å². The topological polar surface area (TPSA) is 38.1 Å². The number of aliphatic hydroxyl groups is 1. The van der Waals surface area contributed by atoms with Gasteiger partial charge in [-0.25, -0.2) is 0 Å². The van der Waals surface area contributed by atoms with Crippen LogP contribution in [-0.2, 0) is 13.5 Å². The number of aryl methyl sites for hydroxylation is 1. The van der Waals surface area contributed by atoms with Crippen molar-refractivity contribution in [1.82, 2.24) is 9.78 Å².